The number of aromatic amines is 1. The van der Waals surface area contributed by atoms with Crippen LogP contribution in [-0.2, 0) is 6.42 Å². The molecule has 16 heavy (non-hydrogen) atoms. The predicted molar refractivity (Wildman–Crippen MR) is 64.8 cm³/mol. The van der Waals surface area contributed by atoms with E-state index >= 15 is 0 Å². The molecule has 1 N–H and O–H groups in total. The van der Waals surface area contributed by atoms with Crippen molar-refractivity contribution in [2.24, 2.45) is 5.18 Å². The van der Waals surface area contributed by atoms with E-state index in [9.17, 15) is 4.91 Å². The van der Waals surface area contributed by atoms with Gasteiger partial charge in [-0.05, 0) is 43.0 Å². The molecule has 4 heteroatoms. The summed E-state index contributed by atoms with van der Waals surface area (Å²) in [5.41, 5.74) is 3.25. The van der Waals surface area contributed by atoms with Crippen molar-refractivity contribution < 1.29 is 0 Å². The molecule has 1 aliphatic carbocycles. The molecule has 1 aliphatic rings. The third-order valence-electron chi connectivity index (χ3n) is 3.27. The number of nitrogens with one attached hydrogen (secondary N) is 1. The molecule has 2 aromatic rings. The molecular formula is C12H11ClN2O. The molecular weight excluding hydrogens is 224 g/mol. The minimum atomic E-state index is -0.213. The molecule has 1 unspecified atom stereocenters. The maximum Gasteiger partial charge on any atom is 0.132 e. The van der Waals surface area contributed by atoms with E-state index in [1.807, 2.05) is 18.2 Å². The Morgan fingerprint density at radius 3 is 3.12 bits per heavy atom. The van der Waals surface area contributed by atoms with Gasteiger partial charge in [-0.1, -0.05) is 16.8 Å². The second-order valence-corrected chi connectivity index (χ2v) is 4.66. The summed E-state index contributed by atoms with van der Waals surface area (Å²) in [4.78, 5) is 14.1. The molecule has 0 aliphatic heterocycles. The first-order valence-electron chi connectivity index (χ1n) is 5.42. The number of nitroso groups, excluding NO2 is 1. The van der Waals surface area contributed by atoms with Gasteiger partial charge in [0.15, 0.2) is 0 Å². The van der Waals surface area contributed by atoms with Crippen molar-refractivity contribution in [3.05, 3.63) is 39.4 Å². The van der Waals surface area contributed by atoms with E-state index in [2.05, 4.69) is 10.2 Å². The second kappa shape index (κ2) is 3.59. The average molecular weight is 235 g/mol. The Morgan fingerprint density at radius 2 is 2.31 bits per heavy atom. The molecule has 0 radical (unpaired) electrons. The van der Waals surface area contributed by atoms with Crippen LogP contribution in [0.5, 0.6) is 0 Å². The fourth-order valence-corrected chi connectivity index (χ4v) is 2.69. The highest BCUT2D eigenvalue weighted by Gasteiger charge is 2.24. The van der Waals surface area contributed by atoms with Crippen molar-refractivity contribution >= 4 is 22.5 Å². The van der Waals surface area contributed by atoms with Crippen LogP contribution in [0.1, 0.15) is 30.1 Å². The Labute approximate surface area is 97.8 Å². The molecule has 0 spiro atoms. The van der Waals surface area contributed by atoms with Gasteiger partial charge in [0.25, 0.3) is 0 Å². The van der Waals surface area contributed by atoms with Gasteiger partial charge in [0, 0.05) is 21.6 Å². The summed E-state index contributed by atoms with van der Waals surface area (Å²) in [7, 11) is 0. The monoisotopic (exact) mass is 234 g/mol. The van der Waals surface area contributed by atoms with Crippen LogP contribution in [0.15, 0.2) is 23.4 Å². The molecule has 0 bridgehead atoms. The van der Waals surface area contributed by atoms with E-state index < -0.39 is 0 Å². The topological polar surface area (TPSA) is 45.2 Å². The van der Waals surface area contributed by atoms with Crippen LogP contribution in [-0.4, -0.2) is 4.98 Å². The number of hydrogen-bond acceptors (Lipinski definition) is 2. The number of fused-ring (bicyclic) bond motifs is 3. The molecule has 0 saturated carbocycles. The summed E-state index contributed by atoms with van der Waals surface area (Å²) in [5, 5.41) is 5.06. The Hall–Kier alpha value is -1.35. The maximum absolute atomic E-state index is 10.8. The molecule has 0 fully saturated rings. The summed E-state index contributed by atoms with van der Waals surface area (Å²) < 4.78 is 0. The summed E-state index contributed by atoms with van der Waals surface area (Å²) in [6.45, 7) is 0. The largest absolute Gasteiger partial charge is 0.356 e. The number of aryl methyl sites for hydroxylation is 1. The first-order chi connectivity index (χ1) is 7.79. The van der Waals surface area contributed by atoms with Crippen molar-refractivity contribution in [1.82, 2.24) is 4.98 Å². The van der Waals surface area contributed by atoms with Crippen LogP contribution in [0, 0.1) is 4.91 Å². The zero-order chi connectivity index (χ0) is 11.1. The summed E-state index contributed by atoms with van der Waals surface area (Å²) in [6, 6.07) is 5.56. The summed E-state index contributed by atoms with van der Waals surface area (Å²) >= 11 is 5.99. The first-order valence-corrected chi connectivity index (χ1v) is 5.80. The van der Waals surface area contributed by atoms with Crippen LogP contribution in [0.3, 0.4) is 0 Å². The first kappa shape index (κ1) is 9.85. The summed E-state index contributed by atoms with van der Waals surface area (Å²) in [6.07, 6.45) is 2.86. The zero-order valence-corrected chi connectivity index (χ0v) is 9.42. The van der Waals surface area contributed by atoms with Gasteiger partial charge < -0.3 is 4.98 Å². The lowest BCUT2D eigenvalue weighted by atomic mass is 9.92. The van der Waals surface area contributed by atoms with E-state index in [0.29, 0.717) is 0 Å². The van der Waals surface area contributed by atoms with Crippen LogP contribution < -0.4 is 0 Å². The molecule has 1 aromatic carbocycles. The quantitative estimate of drug-likeness (QED) is 0.746. The van der Waals surface area contributed by atoms with Crippen LogP contribution in [0.2, 0.25) is 5.02 Å². The van der Waals surface area contributed by atoms with Crippen molar-refractivity contribution in [2.45, 2.75) is 25.3 Å². The zero-order valence-electron chi connectivity index (χ0n) is 8.66. The fraction of sp³-hybridized carbons (Fsp3) is 0.333. The third-order valence-corrected chi connectivity index (χ3v) is 3.50. The van der Waals surface area contributed by atoms with Crippen molar-refractivity contribution in [1.29, 1.82) is 0 Å². The van der Waals surface area contributed by atoms with E-state index in [1.54, 1.807) is 0 Å². The highest BCUT2D eigenvalue weighted by molar-refractivity contribution is 6.31. The molecule has 82 valence electrons. The Kier molecular flexibility index (Phi) is 2.21. The lowest BCUT2D eigenvalue weighted by molar-refractivity contribution is 0.561. The normalized spacial score (nSPS) is 19.7. The molecule has 0 saturated heterocycles. The molecule has 3 nitrogen and oxygen atoms in total. The molecule has 1 heterocycles. The Balaban J connectivity index is 2.28. The van der Waals surface area contributed by atoms with Gasteiger partial charge in [-0.15, -0.1) is 0 Å². The van der Waals surface area contributed by atoms with Crippen LogP contribution >= 0.6 is 11.6 Å². The van der Waals surface area contributed by atoms with Crippen molar-refractivity contribution in [3.63, 3.8) is 0 Å². The number of benzene rings is 1. The van der Waals surface area contributed by atoms with Crippen LogP contribution in [0.25, 0.3) is 10.9 Å². The van der Waals surface area contributed by atoms with Gasteiger partial charge in [-0.25, -0.2) is 0 Å². The lowest BCUT2D eigenvalue weighted by Gasteiger charge is -2.15. The molecule has 1 aromatic heterocycles. The van der Waals surface area contributed by atoms with Crippen LogP contribution in [0.4, 0.5) is 0 Å². The highest BCUT2D eigenvalue weighted by Crippen LogP contribution is 2.37. The number of hydrogen-bond donors (Lipinski definition) is 1. The van der Waals surface area contributed by atoms with E-state index in [0.717, 1.165) is 40.9 Å². The predicted octanol–water partition coefficient (Wildman–Crippen LogP) is 3.97. The van der Waals surface area contributed by atoms with Gasteiger partial charge in [-0.2, -0.15) is 4.91 Å². The minimum absolute atomic E-state index is 0.213. The average Bonchev–Trinajstić information content (AvgIpc) is 2.67. The van der Waals surface area contributed by atoms with Crippen molar-refractivity contribution in [3.8, 4) is 0 Å². The number of rotatable bonds is 1. The Bertz CT molecular complexity index is 561. The minimum Gasteiger partial charge on any atom is -0.356 e. The molecule has 3 rings (SSSR count). The SMILES string of the molecule is O=NC1CCCc2c1[nH]c1ccc(Cl)cc21. The maximum atomic E-state index is 10.8. The van der Waals surface area contributed by atoms with E-state index in [1.165, 1.54) is 5.56 Å². The van der Waals surface area contributed by atoms with E-state index in [-0.39, 0.29) is 6.04 Å². The fourth-order valence-electron chi connectivity index (χ4n) is 2.52. The van der Waals surface area contributed by atoms with Gasteiger partial charge in [0.2, 0.25) is 0 Å². The van der Waals surface area contributed by atoms with Gasteiger partial charge in [-0.3, -0.25) is 0 Å². The van der Waals surface area contributed by atoms with Gasteiger partial charge in [0.05, 0.1) is 0 Å². The number of nitrogens with zero attached hydrogens (tertiary/aromatic N) is 1. The smallest absolute Gasteiger partial charge is 0.132 e. The molecule has 0 amide bonds. The Morgan fingerprint density at radius 1 is 1.44 bits per heavy atom. The lowest BCUT2D eigenvalue weighted by Crippen LogP contribution is -2.06. The second-order valence-electron chi connectivity index (χ2n) is 4.22. The number of H-pyrrole nitrogens is 1. The molecule has 1 atom stereocenters. The number of aromatic nitrogens is 1. The summed E-state index contributed by atoms with van der Waals surface area (Å²) in [5.74, 6) is 0. The standard InChI is InChI=1S/C12H11ClN2O/c13-7-4-5-10-9(6-7)8-2-1-3-11(15-16)12(8)14-10/h4-6,11,14H,1-3H2. The highest BCUT2D eigenvalue weighted by atomic mass is 35.5. The van der Waals surface area contributed by atoms with Gasteiger partial charge in [0.1, 0.15) is 6.04 Å². The van der Waals surface area contributed by atoms with E-state index in [4.69, 9.17) is 11.6 Å². The van der Waals surface area contributed by atoms with Gasteiger partial charge >= 0.3 is 0 Å². The third kappa shape index (κ3) is 1.35. The number of halogens is 1. The van der Waals surface area contributed by atoms with Crippen molar-refractivity contribution in [2.75, 3.05) is 0 Å².